The summed E-state index contributed by atoms with van der Waals surface area (Å²) >= 11 is 0. The predicted octanol–water partition coefficient (Wildman–Crippen LogP) is 2.32. The molecule has 0 heterocycles. The second kappa shape index (κ2) is 9.40. The van der Waals surface area contributed by atoms with E-state index in [0.717, 1.165) is 25.8 Å². The maximum Gasteiger partial charge on any atom is 0.244 e. The Morgan fingerprint density at radius 3 is 2.12 bits per heavy atom. The SMILES string of the molecule is C=C(CCCCN(CCC)CCC)C(N)=O. The molecule has 0 aliphatic rings. The molecule has 0 atom stereocenters. The van der Waals surface area contributed by atoms with E-state index in [-0.39, 0.29) is 5.91 Å². The van der Waals surface area contributed by atoms with E-state index in [1.54, 1.807) is 0 Å². The van der Waals surface area contributed by atoms with Crippen LogP contribution < -0.4 is 5.73 Å². The lowest BCUT2D eigenvalue weighted by molar-refractivity contribution is -0.114. The highest BCUT2D eigenvalue weighted by Gasteiger charge is 2.04. The van der Waals surface area contributed by atoms with E-state index in [9.17, 15) is 4.79 Å². The van der Waals surface area contributed by atoms with E-state index in [0.29, 0.717) is 5.57 Å². The summed E-state index contributed by atoms with van der Waals surface area (Å²) in [6.07, 6.45) is 5.27. The molecule has 0 saturated heterocycles. The summed E-state index contributed by atoms with van der Waals surface area (Å²) in [5.41, 5.74) is 5.68. The van der Waals surface area contributed by atoms with Crippen molar-refractivity contribution in [2.75, 3.05) is 19.6 Å². The van der Waals surface area contributed by atoms with Crippen LogP contribution in [0.5, 0.6) is 0 Å². The van der Waals surface area contributed by atoms with Crippen molar-refractivity contribution in [1.82, 2.24) is 4.90 Å². The van der Waals surface area contributed by atoms with Crippen molar-refractivity contribution >= 4 is 5.91 Å². The molecule has 0 unspecified atom stereocenters. The minimum absolute atomic E-state index is 0.362. The van der Waals surface area contributed by atoms with Crippen molar-refractivity contribution in [3.8, 4) is 0 Å². The molecule has 0 aliphatic carbocycles. The van der Waals surface area contributed by atoms with Gasteiger partial charge in [0.25, 0.3) is 0 Å². The van der Waals surface area contributed by atoms with Gasteiger partial charge in [0, 0.05) is 5.57 Å². The second-order valence-corrected chi connectivity index (χ2v) is 4.27. The van der Waals surface area contributed by atoms with Crippen LogP contribution in [0.1, 0.15) is 46.0 Å². The zero-order chi connectivity index (χ0) is 12.4. The smallest absolute Gasteiger partial charge is 0.244 e. The monoisotopic (exact) mass is 226 g/mol. The van der Waals surface area contributed by atoms with Crippen LogP contribution in [-0.2, 0) is 4.79 Å². The largest absolute Gasteiger partial charge is 0.366 e. The molecule has 0 radical (unpaired) electrons. The number of amides is 1. The van der Waals surface area contributed by atoms with Crippen molar-refractivity contribution in [1.29, 1.82) is 0 Å². The van der Waals surface area contributed by atoms with Crippen LogP contribution in [0, 0.1) is 0 Å². The third-order valence-electron chi connectivity index (χ3n) is 2.63. The third kappa shape index (κ3) is 7.46. The molecule has 0 fully saturated rings. The van der Waals surface area contributed by atoms with Crippen LogP contribution in [0.3, 0.4) is 0 Å². The van der Waals surface area contributed by atoms with Gasteiger partial charge >= 0.3 is 0 Å². The fraction of sp³-hybridized carbons (Fsp3) is 0.769. The minimum atomic E-state index is -0.362. The number of nitrogens with two attached hydrogens (primary N) is 1. The first kappa shape index (κ1) is 15.2. The molecule has 0 aromatic rings. The Morgan fingerprint density at radius 2 is 1.69 bits per heavy atom. The lowest BCUT2D eigenvalue weighted by Gasteiger charge is -2.20. The molecule has 1 amide bonds. The first-order valence-electron chi connectivity index (χ1n) is 6.31. The van der Waals surface area contributed by atoms with E-state index in [1.807, 2.05) is 0 Å². The Bertz CT molecular complexity index is 208. The highest BCUT2D eigenvalue weighted by molar-refractivity contribution is 5.91. The van der Waals surface area contributed by atoms with Crippen molar-refractivity contribution in [3.63, 3.8) is 0 Å². The molecule has 0 aromatic carbocycles. The van der Waals surface area contributed by atoms with Crippen LogP contribution in [0.2, 0.25) is 0 Å². The van der Waals surface area contributed by atoms with Crippen LogP contribution in [0.4, 0.5) is 0 Å². The van der Waals surface area contributed by atoms with Crippen molar-refractivity contribution in [3.05, 3.63) is 12.2 Å². The second-order valence-electron chi connectivity index (χ2n) is 4.27. The molecule has 2 N–H and O–H groups in total. The van der Waals surface area contributed by atoms with Crippen LogP contribution in [0.25, 0.3) is 0 Å². The fourth-order valence-corrected chi connectivity index (χ4v) is 1.76. The lowest BCUT2D eigenvalue weighted by atomic mass is 10.1. The standard InChI is InChI=1S/C13H26N2O/c1-4-9-15(10-5-2)11-7-6-8-12(3)13(14)16/h3-11H2,1-2H3,(H2,14,16). The quantitative estimate of drug-likeness (QED) is 0.459. The molecule has 0 spiro atoms. The summed E-state index contributed by atoms with van der Waals surface area (Å²) in [5.74, 6) is -0.362. The first-order valence-corrected chi connectivity index (χ1v) is 6.31. The van der Waals surface area contributed by atoms with Crippen molar-refractivity contribution in [2.45, 2.75) is 46.0 Å². The molecule has 0 rings (SSSR count). The Balaban J connectivity index is 3.61. The highest BCUT2D eigenvalue weighted by atomic mass is 16.1. The summed E-state index contributed by atoms with van der Waals surface area (Å²) in [6, 6.07) is 0. The first-order chi connectivity index (χ1) is 7.61. The zero-order valence-electron chi connectivity index (χ0n) is 10.8. The summed E-state index contributed by atoms with van der Waals surface area (Å²) in [6.45, 7) is 11.5. The summed E-state index contributed by atoms with van der Waals surface area (Å²) in [7, 11) is 0. The van der Waals surface area contributed by atoms with Crippen molar-refractivity contribution in [2.24, 2.45) is 5.73 Å². The molecule has 0 aromatic heterocycles. The number of unbranched alkanes of at least 4 members (excludes halogenated alkanes) is 1. The van der Waals surface area contributed by atoms with Crippen LogP contribution in [0.15, 0.2) is 12.2 Å². The predicted molar refractivity (Wildman–Crippen MR) is 69.2 cm³/mol. The van der Waals surface area contributed by atoms with Crippen LogP contribution >= 0.6 is 0 Å². The lowest BCUT2D eigenvalue weighted by Crippen LogP contribution is -2.26. The van der Waals surface area contributed by atoms with E-state index in [2.05, 4.69) is 25.3 Å². The van der Waals surface area contributed by atoms with E-state index in [1.165, 1.54) is 25.9 Å². The summed E-state index contributed by atoms with van der Waals surface area (Å²) in [4.78, 5) is 13.2. The van der Waals surface area contributed by atoms with Gasteiger partial charge < -0.3 is 10.6 Å². The van der Waals surface area contributed by atoms with Gasteiger partial charge in [-0.1, -0.05) is 20.4 Å². The fourth-order valence-electron chi connectivity index (χ4n) is 1.76. The minimum Gasteiger partial charge on any atom is -0.366 e. The third-order valence-corrected chi connectivity index (χ3v) is 2.63. The van der Waals surface area contributed by atoms with Gasteiger partial charge in [0.2, 0.25) is 5.91 Å². The molecular weight excluding hydrogens is 200 g/mol. The van der Waals surface area contributed by atoms with Gasteiger partial charge in [-0.3, -0.25) is 4.79 Å². The zero-order valence-corrected chi connectivity index (χ0v) is 10.8. The normalized spacial score (nSPS) is 10.7. The number of primary amides is 1. The summed E-state index contributed by atoms with van der Waals surface area (Å²) in [5, 5.41) is 0. The molecule has 3 heteroatoms. The van der Waals surface area contributed by atoms with Gasteiger partial charge in [-0.05, 0) is 51.7 Å². The van der Waals surface area contributed by atoms with Gasteiger partial charge in [-0.2, -0.15) is 0 Å². The van der Waals surface area contributed by atoms with E-state index < -0.39 is 0 Å². The average molecular weight is 226 g/mol. The number of hydrogen-bond donors (Lipinski definition) is 1. The molecule has 0 saturated carbocycles. The van der Waals surface area contributed by atoms with Gasteiger partial charge in [-0.25, -0.2) is 0 Å². The Kier molecular flexibility index (Phi) is 8.91. The topological polar surface area (TPSA) is 46.3 Å². The highest BCUT2D eigenvalue weighted by Crippen LogP contribution is 2.06. The van der Waals surface area contributed by atoms with Crippen molar-refractivity contribution < 1.29 is 4.79 Å². The average Bonchev–Trinajstić information content (AvgIpc) is 2.24. The summed E-state index contributed by atoms with van der Waals surface area (Å²) < 4.78 is 0. The van der Waals surface area contributed by atoms with E-state index >= 15 is 0 Å². The Morgan fingerprint density at radius 1 is 1.12 bits per heavy atom. The maximum atomic E-state index is 10.7. The van der Waals surface area contributed by atoms with Gasteiger partial charge in [0.1, 0.15) is 0 Å². The number of rotatable bonds is 10. The Hall–Kier alpha value is -0.830. The Labute approximate surface area is 99.7 Å². The molecule has 3 nitrogen and oxygen atoms in total. The molecule has 0 aliphatic heterocycles. The van der Waals surface area contributed by atoms with E-state index in [4.69, 9.17) is 5.73 Å². The number of nitrogens with zero attached hydrogens (tertiary/aromatic N) is 1. The molecule has 0 bridgehead atoms. The van der Waals surface area contributed by atoms with Crippen LogP contribution in [-0.4, -0.2) is 30.4 Å². The maximum absolute atomic E-state index is 10.7. The van der Waals surface area contributed by atoms with Gasteiger partial charge in [-0.15, -0.1) is 0 Å². The number of carbonyl (C=O) groups excluding carboxylic acids is 1. The van der Waals surface area contributed by atoms with Gasteiger partial charge in [0.15, 0.2) is 0 Å². The molecular formula is C13H26N2O. The number of carbonyl (C=O) groups is 1. The van der Waals surface area contributed by atoms with Gasteiger partial charge in [0.05, 0.1) is 0 Å². The number of hydrogen-bond acceptors (Lipinski definition) is 2. The molecule has 94 valence electrons. The molecule has 16 heavy (non-hydrogen) atoms.